The molecule has 0 aliphatic heterocycles. The van der Waals surface area contributed by atoms with Crippen molar-refractivity contribution in [3.05, 3.63) is 77.5 Å². The molecule has 0 saturated carbocycles. The Morgan fingerprint density at radius 2 is 1.62 bits per heavy atom. The summed E-state index contributed by atoms with van der Waals surface area (Å²) in [5, 5.41) is 8.41. The average molecular weight is 334 g/mol. The number of amidine groups is 1. The minimum atomic E-state index is 0.0291. The van der Waals surface area contributed by atoms with Crippen LogP contribution in [0.15, 0.2) is 65.7 Å². The van der Waals surface area contributed by atoms with E-state index in [1.54, 1.807) is 0 Å². The Labute approximate surface area is 145 Å². The SMILES string of the molecule is Cc1nc(-c2ccccc2)nc(SC(=N)N)c1Cc1ccccc1. The molecular formula is C19H18N4S. The highest BCUT2D eigenvalue weighted by atomic mass is 32.2. The normalized spacial score (nSPS) is 10.5. The van der Waals surface area contributed by atoms with Gasteiger partial charge in [-0.3, -0.25) is 5.41 Å². The van der Waals surface area contributed by atoms with E-state index < -0.39 is 0 Å². The maximum atomic E-state index is 7.63. The molecule has 3 rings (SSSR count). The van der Waals surface area contributed by atoms with Crippen LogP contribution in [0.2, 0.25) is 0 Å². The lowest BCUT2D eigenvalue weighted by Gasteiger charge is -2.13. The van der Waals surface area contributed by atoms with E-state index in [1.807, 2.05) is 55.5 Å². The van der Waals surface area contributed by atoms with Crippen molar-refractivity contribution in [3.63, 3.8) is 0 Å². The van der Waals surface area contributed by atoms with Gasteiger partial charge >= 0.3 is 0 Å². The molecule has 0 atom stereocenters. The standard InChI is InChI=1S/C19H18N4S/c1-13-16(12-14-8-4-2-5-9-14)18(24-19(20)21)23-17(22-13)15-10-6-3-7-11-15/h2-11H,12H2,1H3,(H3,20,21). The largest absolute Gasteiger partial charge is 0.378 e. The van der Waals surface area contributed by atoms with Gasteiger partial charge in [-0.25, -0.2) is 9.97 Å². The molecule has 0 saturated heterocycles. The van der Waals surface area contributed by atoms with Gasteiger partial charge in [-0.1, -0.05) is 60.7 Å². The summed E-state index contributed by atoms with van der Waals surface area (Å²) >= 11 is 1.18. The zero-order valence-corrected chi connectivity index (χ0v) is 14.2. The fourth-order valence-corrected chi connectivity index (χ4v) is 3.16. The van der Waals surface area contributed by atoms with E-state index in [-0.39, 0.29) is 5.17 Å². The Hall–Kier alpha value is -2.66. The molecule has 0 aliphatic rings. The summed E-state index contributed by atoms with van der Waals surface area (Å²) in [6.07, 6.45) is 0.720. The monoisotopic (exact) mass is 334 g/mol. The molecule has 3 aromatic rings. The number of rotatable bonds is 4. The number of nitrogens with two attached hydrogens (primary N) is 1. The molecule has 4 nitrogen and oxygen atoms in total. The summed E-state index contributed by atoms with van der Waals surface area (Å²) in [4.78, 5) is 9.34. The van der Waals surface area contributed by atoms with Gasteiger partial charge < -0.3 is 5.73 Å². The van der Waals surface area contributed by atoms with Crippen molar-refractivity contribution in [2.24, 2.45) is 5.73 Å². The van der Waals surface area contributed by atoms with Crippen molar-refractivity contribution in [2.75, 3.05) is 0 Å². The predicted octanol–water partition coefficient (Wildman–Crippen LogP) is 4.03. The van der Waals surface area contributed by atoms with Gasteiger partial charge in [0, 0.05) is 23.2 Å². The highest BCUT2D eigenvalue weighted by Gasteiger charge is 2.15. The molecule has 2 aromatic carbocycles. The molecule has 0 fully saturated rings. The van der Waals surface area contributed by atoms with Crippen LogP contribution in [-0.4, -0.2) is 15.1 Å². The van der Waals surface area contributed by atoms with Crippen LogP contribution in [0.5, 0.6) is 0 Å². The lowest BCUT2D eigenvalue weighted by atomic mass is 10.1. The number of aryl methyl sites for hydroxylation is 1. The lowest BCUT2D eigenvalue weighted by Crippen LogP contribution is -2.08. The summed E-state index contributed by atoms with van der Waals surface area (Å²) < 4.78 is 0. The molecule has 1 aromatic heterocycles. The zero-order chi connectivity index (χ0) is 16.9. The Morgan fingerprint density at radius 1 is 1.00 bits per heavy atom. The molecule has 0 radical (unpaired) electrons. The summed E-state index contributed by atoms with van der Waals surface area (Å²) in [7, 11) is 0. The van der Waals surface area contributed by atoms with Crippen molar-refractivity contribution in [1.29, 1.82) is 5.41 Å². The number of hydrogen-bond acceptors (Lipinski definition) is 4. The third-order valence-electron chi connectivity index (χ3n) is 3.64. The third-order valence-corrected chi connectivity index (χ3v) is 4.39. The topological polar surface area (TPSA) is 75.7 Å². The van der Waals surface area contributed by atoms with E-state index in [2.05, 4.69) is 22.1 Å². The zero-order valence-electron chi connectivity index (χ0n) is 13.4. The van der Waals surface area contributed by atoms with E-state index in [9.17, 15) is 0 Å². The van der Waals surface area contributed by atoms with Gasteiger partial charge in [0.15, 0.2) is 11.0 Å². The molecule has 1 heterocycles. The smallest absolute Gasteiger partial charge is 0.160 e. The molecule has 0 bridgehead atoms. The number of nitrogens with one attached hydrogen (secondary N) is 1. The molecule has 0 amide bonds. The molecule has 0 aliphatic carbocycles. The van der Waals surface area contributed by atoms with E-state index >= 15 is 0 Å². The number of benzene rings is 2. The van der Waals surface area contributed by atoms with Crippen molar-refractivity contribution >= 4 is 16.9 Å². The highest BCUT2D eigenvalue weighted by molar-refractivity contribution is 8.13. The lowest BCUT2D eigenvalue weighted by molar-refractivity contribution is 0.935. The first-order valence-corrected chi connectivity index (χ1v) is 8.44. The maximum Gasteiger partial charge on any atom is 0.160 e. The summed E-state index contributed by atoms with van der Waals surface area (Å²) in [5.74, 6) is 0.661. The van der Waals surface area contributed by atoms with Crippen LogP contribution < -0.4 is 5.73 Å². The minimum absolute atomic E-state index is 0.0291. The van der Waals surface area contributed by atoms with Crippen LogP contribution in [0.1, 0.15) is 16.8 Å². The molecule has 5 heteroatoms. The molecule has 120 valence electrons. The first-order valence-electron chi connectivity index (χ1n) is 7.62. The number of aromatic nitrogens is 2. The summed E-state index contributed by atoms with van der Waals surface area (Å²) in [5.41, 5.74) is 9.68. The van der Waals surface area contributed by atoms with Crippen LogP contribution in [-0.2, 0) is 6.42 Å². The van der Waals surface area contributed by atoms with Gasteiger partial charge in [0.2, 0.25) is 0 Å². The van der Waals surface area contributed by atoms with E-state index in [1.165, 1.54) is 17.3 Å². The van der Waals surface area contributed by atoms with Gasteiger partial charge in [0.25, 0.3) is 0 Å². The van der Waals surface area contributed by atoms with Gasteiger partial charge in [-0.15, -0.1) is 0 Å². The Balaban J connectivity index is 2.06. The van der Waals surface area contributed by atoms with Gasteiger partial charge in [0.1, 0.15) is 5.03 Å². The third kappa shape index (κ3) is 3.81. The average Bonchev–Trinajstić information content (AvgIpc) is 2.59. The molecule has 3 N–H and O–H groups in total. The highest BCUT2D eigenvalue weighted by Crippen LogP contribution is 2.27. The van der Waals surface area contributed by atoms with E-state index in [0.29, 0.717) is 5.82 Å². The second-order valence-electron chi connectivity index (χ2n) is 5.41. The fraction of sp³-hybridized carbons (Fsp3) is 0.105. The molecular weight excluding hydrogens is 316 g/mol. The van der Waals surface area contributed by atoms with Crippen LogP contribution in [0.25, 0.3) is 11.4 Å². The van der Waals surface area contributed by atoms with Crippen molar-refractivity contribution in [1.82, 2.24) is 9.97 Å². The van der Waals surface area contributed by atoms with Crippen LogP contribution >= 0.6 is 11.8 Å². The maximum absolute atomic E-state index is 7.63. The van der Waals surface area contributed by atoms with E-state index in [0.717, 1.165) is 28.3 Å². The minimum Gasteiger partial charge on any atom is -0.378 e. The van der Waals surface area contributed by atoms with Crippen molar-refractivity contribution < 1.29 is 0 Å². The van der Waals surface area contributed by atoms with Crippen LogP contribution in [0, 0.1) is 12.3 Å². The molecule has 0 spiro atoms. The number of nitrogens with zero attached hydrogens (tertiary/aromatic N) is 2. The van der Waals surface area contributed by atoms with Crippen LogP contribution in [0.3, 0.4) is 0 Å². The Bertz CT molecular complexity index is 848. The second kappa shape index (κ2) is 7.27. The molecule has 0 unspecified atom stereocenters. The first-order chi connectivity index (χ1) is 11.6. The summed E-state index contributed by atoms with van der Waals surface area (Å²) in [6, 6.07) is 20.0. The fourth-order valence-electron chi connectivity index (χ4n) is 2.48. The molecule has 24 heavy (non-hydrogen) atoms. The quantitative estimate of drug-likeness (QED) is 0.327. The van der Waals surface area contributed by atoms with Crippen molar-refractivity contribution in [3.8, 4) is 11.4 Å². The van der Waals surface area contributed by atoms with Gasteiger partial charge in [-0.05, 0) is 24.2 Å². The number of thioether (sulfide) groups is 1. The second-order valence-corrected chi connectivity index (χ2v) is 6.44. The van der Waals surface area contributed by atoms with E-state index in [4.69, 9.17) is 11.1 Å². The first kappa shape index (κ1) is 16.2. The summed E-state index contributed by atoms with van der Waals surface area (Å²) in [6.45, 7) is 1.98. The van der Waals surface area contributed by atoms with Gasteiger partial charge in [-0.2, -0.15) is 0 Å². The van der Waals surface area contributed by atoms with Gasteiger partial charge in [0.05, 0.1) is 0 Å². The van der Waals surface area contributed by atoms with Crippen LogP contribution in [0.4, 0.5) is 0 Å². The van der Waals surface area contributed by atoms with Crippen molar-refractivity contribution in [2.45, 2.75) is 18.4 Å². The predicted molar refractivity (Wildman–Crippen MR) is 99.2 cm³/mol. The Kier molecular flexibility index (Phi) is 4.91. The Morgan fingerprint density at radius 3 is 2.25 bits per heavy atom. The number of hydrogen-bond donors (Lipinski definition) is 2.